The van der Waals surface area contributed by atoms with Crippen molar-refractivity contribution in [3.05, 3.63) is 59.9 Å². The second-order valence-corrected chi connectivity index (χ2v) is 4.29. The molecule has 1 N–H and O–H groups in total. The van der Waals surface area contributed by atoms with Crippen molar-refractivity contribution < 1.29 is 9.13 Å². The Morgan fingerprint density at radius 1 is 1.10 bits per heavy atom. The van der Waals surface area contributed by atoms with Gasteiger partial charge in [-0.2, -0.15) is 5.10 Å². The summed E-state index contributed by atoms with van der Waals surface area (Å²) in [4.78, 5) is 0. The van der Waals surface area contributed by atoms with Crippen LogP contribution in [0.25, 0.3) is 0 Å². The Kier molecular flexibility index (Phi) is 5.12. The number of hydrogen-bond donors (Lipinski definition) is 1. The van der Waals surface area contributed by atoms with Crippen LogP contribution in [0.15, 0.2) is 53.6 Å². The third-order valence-electron chi connectivity index (χ3n) is 2.60. The molecule has 0 unspecified atom stereocenters. The van der Waals surface area contributed by atoms with Crippen molar-refractivity contribution >= 4 is 11.9 Å². The van der Waals surface area contributed by atoms with Crippen LogP contribution in [0.2, 0.25) is 0 Å². The van der Waals surface area contributed by atoms with Crippen molar-refractivity contribution in [3.63, 3.8) is 0 Å². The fourth-order valence-corrected chi connectivity index (χ4v) is 1.58. The maximum absolute atomic E-state index is 12.7. The van der Waals surface area contributed by atoms with Crippen molar-refractivity contribution in [2.24, 2.45) is 5.10 Å². The van der Waals surface area contributed by atoms with Crippen LogP contribution >= 0.6 is 0 Å². The van der Waals surface area contributed by atoms with Crippen molar-refractivity contribution in [2.75, 3.05) is 12.0 Å². The third-order valence-corrected chi connectivity index (χ3v) is 2.60. The quantitative estimate of drug-likeness (QED) is 0.635. The van der Waals surface area contributed by atoms with Gasteiger partial charge in [-0.25, -0.2) is 4.39 Å². The fraction of sp³-hybridized carbons (Fsp3) is 0.188. The van der Waals surface area contributed by atoms with Crippen LogP contribution in [-0.2, 0) is 0 Å². The second kappa shape index (κ2) is 7.28. The normalized spacial score (nSPS) is 10.7. The molecule has 0 atom stereocenters. The van der Waals surface area contributed by atoms with Crippen LogP contribution < -0.4 is 10.2 Å². The minimum atomic E-state index is -0.262. The minimum absolute atomic E-state index is 0.262. The molecule has 0 saturated heterocycles. The first-order valence-corrected chi connectivity index (χ1v) is 6.55. The summed E-state index contributed by atoms with van der Waals surface area (Å²) in [5.41, 5.74) is 4.54. The monoisotopic (exact) mass is 272 g/mol. The van der Waals surface area contributed by atoms with E-state index in [0.717, 1.165) is 30.0 Å². The van der Waals surface area contributed by atoms with Gasteiger partial charge in [0.15, 0.2) is 0 Å². The van der Waals surface area contributed by atoms with Gasteiger partial charge >= 0.3 is 0 Å². The maximum atomic E-state index is 12.7. The van der Waals surface area contributed by atoms with E-state index >= 15 is 0 Å². The van der Waals surface area contributed by atoms with Gasteiger partial charge in [0.2, 0.25) is 0 Å². The molecule has 0 spiro atoms. The predicted molar refractivity (Wildman–Crippen MR) is 79.8 cm³/mol. The number of nitrogens with zero attached hydrogens (tertiary/aromatic N) is 1. The largest absolute Gasteiger partial charge is 0.494 e. The van der Waals surface area contributed by atoms with Crippen LogP contribution in [0.1, 0.15) is 18.9 Å². The molecule has 4 heteroatoms. The fourth-order valence-electron chi connectivity index (χ4n) is 1.58. The molecule has 0 aromatic heterocycles. The van der Waals surface area contributed by atoms with Gasteiger partial charge < -0.3 is 4.74 Å². The van der Waals surface area contributed by atoms with Gasteiger partial charge in [0.25, 0.3) is 0 Å². The molecule has 2 rings (SSSR count). The van der Waals surface area contributed by atoms with E-state index < -0.39 is 0 Å². The zero-order valence-electron chi connectivity index (χ0n) is 11.3. The lowest BCUT2D eigenvalue weighted by molar-refractivity contribution is 0.317. The zero-order valence-corrected chi connectivity index (χ0v) is 11.3. The molecule has 0 aliphatic heterocycles. The molecular weight excluding hydrogens is 255 g/mol. The van der Waals surface area contributed by atoms with Crippen LogP contribution in [0.4, 0.5) is 10.1 Å². The zero-order chi connectivity index (χ0) is 14.2. The van der Waals surface area contributed by atoms with Gasteiger partial charge in [0, 0.05) is 0 Å². The predicted octanol–water partition coefficient (Wildman–Crippen LogP) is 4.06. The Morgan fingerprint density at radius 3 is 2.45 bits per heavy atom. The first kappa shape index (κ1) is 14.1. The lowest BCUT2D eigenvalue weighted by Crippen LogP contribution is -1.95. The van der Waals surface area contributed by atoms with Gasteiger partial charge in [-0.15, -0.1) is 0 Å². The van der Waals surface area contributed by atoms with E-state index in [4.69, 9.17) is 4.74 Å². The minimum Gasteiger partial charge on any atom is -0.494 e. The summed E-state index contributed by atoms with van der Waals surface area (Å²) in [5, 5.41) is 4.10. The molecular formula is C16H17FN2O. The number of ether oxygens (including phenoxy) is 1. The van der Waals surface area contributed by atoms with Crippen molar-refractivity contribution in [1.82, 2.24) is 0 Å². The van der Waals surface area contributed by atoms with Crippen molar-refractivity contribution in [1.29, 1.82) is 0 Å². The Bertz CT molecular complexity index is 550. The summed E-state index contributed by atoms with van der Waals surface area (Å²) >= 11 is 0. The van der Waals surface area contributed by atoms with E-state index in [1.54, 1.807) is 18.3 Å². The topological polar surface area (TPSA) is 33.6 Å². The summed E-state index contributed by atoms with van der Waals surface area (Å²) in [6, 6.07) is 13.7. The Hall–Kier alpha value is -2.36. The second-order valence-electron chi connectivity index (χ2n) is 4.29. The van der Waals surface area contributed by atoms with Gasteiger partial charge in [0.05, 0.1) is 18.5 Å². The van der Waals surface area contributed by atoms with Crippen molar-refractivity contribution in [2.45, 2.75) is 13.3 Å². The van der Waals surface area contributed by atoms with Gasteiger partial charge in [0.1, 0.15) is 11.6 Å². The highest BCUT2D eigenvalue weighted by atomic mass is 19.1. The van der Waals surface area contributed by atoms with E-state index in [2.05, 4.69) is 17.5 Å². The smallest absolute Gasteiger partial charge is 0.123 e. The van der Waals surface area contributed by atoms with Gasteiger partial charge in [-0.3, -0.25) is 5.43 Å². The molecule has 0 radical (unpaired) electrons. The van der Waals surface area contributed by atoms with E-state index in [1.807, 2.05) is 24.3 Å². The summed E-state index contributed by atoms with van der Waals surface area (Å²) < 4.78 is 18.2. The molecule has 0 fully saturated rings. The first-order chi connectivity index (χ1) is 9.78. The van der Waals surface area contributed by atoms with E-state index in [9.17, 15) is 4.39 Å². The van der Waals surface area contributed by atoms with Crippen LogP contribution in [0, 0.1) is 5.82 Å². The highest BCUT2D eigenvalue weighted by Crippen LogP contribution is 2.12. The SMILES string of the molecule is CCCOc1ccc(/C=N/Nc2ccc(F)cc2)cc1. The van der Waals surface area contributed by atoms with Crippen LogP contribution in [0.3, 0.4) is 0 Å². The Balaban J connectivity index is 1.89. The number of anilines is 1. The lowest BCUT2D eigenvalue weighted by Gasteiger charge is -2.04. The van der Waals surface area contributed by atoms with Crippen molar-refractivity contribution in [3.8, 4) is 5.75 Å². The standard InChI is InChI=1S/C16H17FN2O/c1-2-11-20-16-9-3-13(4-10-16)12-18-19-15-7-5-14(17)6-8-15/h3-10,12,19H,2,11H2,1H3/b18-12+. The lowest BCUT2D eigenvalue weighted by atomic mass is 10.2. The maximum Gasteiger partial charge on any atom is 0.123 e. The highest BCUT2D eigenvalue weighted by molar-refractivity contribution is 5.80. The van der Waals surface area contributed by atoms with E-state index in [1.165, 1.54) is 12.1 Å². The van der Waals surface area contributed by atoms with E-state index in [-0.39, 0.29) is 5.82 Å². The molecule has 104 valence electrons. The Morgan fingerprint density at radius 2 is 1.80 bits per heavy atom. The number of rotatable bonds is 6. The molecule has 0 bridgehead atoms. The number of nitrogens with one attached hydrogen (secondary N) is 1. The molecule has 0 aliphatic rings. The molecule has 0 aliphatic carbocycles. The summed E-state index contributed by atoms with van der Waals surface area (Å²) in [6.07, 6.45) is 2.69. The van der Waals surface area contributed by atoms with Gasteiger partial charge in [-0.05, 0) is 60.5 Å². The molecule has 0 amide bonds. The number of halogens is 1. The van der Waals surface area contributed by atoms with E-state index in [0.29, 0.717) is 0 Å². The molecule has 3 nitrogen and oxygen atoms in total. The number of hydrogen-bond acceptors (Lipinski definition) is 3. The number of benzene rings is 2. The van der Waals surface area contributed by atoms with Crippen LogP contribution in [-0.4, -0.2) is 12.8 Å². The molecule has 20 heavy (non-hydrogen) atoms. The van der Waals surface area contributed by atoms with Crippen LogP contribution in [0.5, 0.6) is 5.75 Å². The molecule has 0 saturated carbocycles. The number of hydrazone groups is 1. The van der Waals surface area contributed by atoms with Gasteiger partial charge in [-0.1, -0.05) is 6.92 Å². The molecule has 0 heterocycles. The first-order valence-electron chi connectivity index (χ1n) is 6.55. The molecule has 2 aromatic rings. The summed E-state index contributed by atoms with van der Waals surface area (Å²) in [5.74, 6) is 0.595. The molecule has 2 aromatic carbocycles. The Labute approximate surface area is 118 Å². The average Bonchev–Trinajstić information content (AvgIpc) is 2.48. The summed E-state index contributed by atoms with van der Waals surface area (Å²) in [6.45, 7) is 2.79. The summed E-state index contributed by atoms with van der Waals surface area (Å²) in [7, 11) is 0. The third kappa shape index (κ3) is 4.39. The highest BCUT2D eigenvalue weighted by Gasteiger charge is 1.93. The average molecular weight is 272 g/mol.